The number of likely N-dealkylation sites (N-methyl/N-ethyl adjacent to an activating group) is 1. The van der Waals surface area contributed by atoms with Crippen molar-refractivity contribution in [2.24, 2.45) is 5.73 Å². The number of hydrogen-bond donors (Lipinski definition) is 1. The van der Waals surface area contributed by atoms with E-state index < -0.39 is 0 Å². The summed E-state index contributed by atoms with van der Waals surface area (Å²) < 4.78 is 5.90. The lowest BCUT2D eigenvalue weighted by Gasteiger charge is -2.22. The van der Waals surface area contributed by atoms with Crippen molar-refractivity contribution >= 4 is 0 Å². The number of hydrogen-bond acceptors (Lipinski definition) is 3. The maximum atomic E-state index is 5.90. The van der Waals surface area contributed by atoms with E-state index in [-0.39, 0.29) is 0 Å². The lowest BCUT2D eigenvalue weighted by Crippen LogP contribution is -2.19. The van der Waals surface area contributed by atoms with Crippen LogP contribution < -0.4 is 5.73 Å². The summed E-state index contributed by atoms with van der Waals surface area (Å²) in [6, 6.07) is 10.2. The number of allylic oxidation sites excluding steroid dienone is 3. The topological polar surface area (TPSA) is 38.5 Å². The van der Waals surface area contributed by atoms with Crippen molar-refractivity contribution in [3.63, 3.8) is 0 Å². The van der Waals surface area contributed by atoms with Crippen LogP contribution >= 0.6 is 0 Å². The molecule has 0 fully saturated rings. The molecule has 3 heteroatoms. The summed E-state index contributed by atoms with van der Waals surface area (Å²) in [6.07, 6.45) is 9.29. The second kappa shape index (κ2) is 7.56. The lowest BCUT2D eigenvalue weighted by atomic mass is 10.1. The zero-order valence-electron chi connectivity index (χ0n) is 12.0. The van der Waals surface area contributed by atoms with Gasteiger partial charge in [-0.05, 0) is 30.2 Å². The molecule has 1 aromatic rings. The van der Waals surface area contributed by atoms with Gasteiger partial charge in [-0.3, -0.25) is 0 Å². The minimum absolute atomic E-state index is 0.611. The molecule has 0 amide bonds. The van der Waals surface area contributed by atoms with Crippen LogP contribution in [0.25, 0.3) is 0 Å². The van der Waals surface area contributed by atoms with Gasteiger partial charge in [0.05, 0.1) is 6.54 Å². The summed E-state index contributed by atoms with van der Waals surface area (Å²) in [5.74, 6) is 0.992. The quantitative estimate of drug-likeness (QED) is 0.864. The molecule has 2 N–H and O–H groups in total. The monoisotopic (exact) mass is 270 g/mol. The third kappa shape index (κ3) is 4.59. The zero-order valence-corrected chi connectivity index (χ0v) is 12.0. The summed E-state index contributed by atoms with van der Waals surface area (Å²) >= 11 is 0. The predicted octanol–water partition coefficient (Wildman–Crippen LogP) is 2.82. The standard InChI is InChI=1S/C17H22N2O/c1-19-12-16(9-5-6-10-18)11-17(13-19)20-14-15-7-3-2-4-8-15/h2-5,7-9,11-12H,6,10,13-14,18H2,1H3/b9-5+. The second-order valence-electron chi connectivity index (χ2n) is 4.91. The Morgan fingerprint density at radius 2 is 2.10 bits per heavy atom. The Morgan fingerprint density at radius 3 is 2.85 bits per heavy atom. The predicted molar refractivity (Wildman–Crippen MR) is 82.8 cm³/mol. The molecule has 0 aliphatic carbocycles. The van der Waals surface area contributed by atoms with Crippen LogP contribution in [0.2, 0.25) is 0 Å². The Kier molecular flexibility index (Phi) is 5.44. The van der Waals surface area contributed by atoms with Crippen molar-refractivity contribution in [3.05, 3.63) is 71.7 Å². The van der Waals surface area contributed by atoms with Crippen molar-refractivity contribution in [3.8, 4) is 0 Å². The lowest BCUT2D eigenvalue weighted by molar-refractivity contribution is 0.176. The highest BCUT2D eigenvalue weighted by Crippen LogP contribution is 2.16. The summed E-state index contributed by atoms with van der Waals surface area (Å²) in [5.41, 5.74) is 7.82. The normalized spacial score (nSPS) is 15.2. The third-order valence-electron chi connectivity index (χ3n) is 3.01. The zero-order chi connectivity index (χ0) is 14.2. The molecule has 1 aliphatic heterocycles. The molecular formula is C17H22N2O. The molecule has 0 aromatic heterocycles. The van der Waals surface area contributed by atoms with Gasteiger partial charge in [0, 0.05) is 13.2 Å². The number of rotatable bonds is 6. The van der Waals surface area contributed by atoms with Gasteiger partial charge < -0.3 is 15.4 Å². The van der Waals surface area contributed by atoms with Crippen LogP contribution in [0.1, 0.15) is 12.0 Å². The molecule has 2 rings (SSSR count). The maximum Gasteiger partial charge on any atom is 0.116 e. The summed E-state index contributed by atoms with van der Waals surface area (Å²) in [5, 5.41) is 0. The van der Waals surface area contributed by atoms with E-state index in [2.05, 4.69) is 48.5 Å². The van der Waals surface area contributed by atoms with E-state index >= 15 is 0 Å². The minimum Gasteiger partial charge on any atom is -0.491 e. The first-order valence-electron chi connectivity index (χ1n) is 6.94. The highest BCUT2D eigenvalue weighted by atomic mass is 16.5. The van der Waals surface area contributed by atoms with E-state index in [4.69, 9.17) is 10.5 Å². The molecule has 1 aliphatic rings. The Hall–Kier alpha value is -2.00. The largest absolute Gasteiger partial charge is 0.491 e. The molecule has 20 heavy (non-hydrogen) atoms. The van der Waals surface area contributed by atoms with Crippen LogP contribution in [0.3, 0.4) is 0 Å². The van der Waals surface area contributed by atoms with Crippen LogP contribution in [0.15, 0.2) is 66.1 Å². The molecule has 0 radical (unpaired) electrons. The van der Waals surface area contributed by atoms with E-state index in [0.717, 1.165) is 24.3 Å². The van der Waals surface area contributed by atoms with Crippen molar-refractivity contribution in [1.82, 2.24) is 4.90 Å². The molecule has 0 saturated carbocycles. The van der Waals surface area contributed by atoms with Crippen LogP contribution in [0, 0.1) is 0 Å². The van der Waals surface area contributed by atoms with Gasteiger partial charge in [-0.2, -0.15) is 0 Å². The van der Waals surface area contributed by atoms with Gasteiger partial charge >= 0.3 is 0 Å². The molecule has 0 atom stereocenters. The van der Waals surface area contributed by atoms with Crippen molar-refractivity contribution in [2.75, 3.05) is 20.1 Å². The smallest absolute Gasteiger partial charge is 0.116 e. The highest BCUT2D eigenvalue weighted by Gasteiger charge is 2.08. The van der Waals surface area contributed by atoms with Crippen molar-refractivity contribution < 1.29 is 4.74 Å². The fourth-order valence-electron chi connectivity index (χ4n) is 2.06. The fraction of sp³-hybridized carbons (Fsp3) is 0.294. The van der Waals surface area contributed by atoms with Gasteiger partial charge in [0.15, 0.2) is 0 Å². The van der Waals surface area contributed by atoms with Crippen LogP contribution in [0.4, 0.5) is 0 Å². The van der Waals surface area contributed by atoms with Crippen LogP contribution in [-0.4, -0.2) is 25.0 Å². The van der Waals surface area contributed by atoms with Gasteiger partial charge in [0.25, 0.3) is 0 Å². The first kappa shape index (κ1) is 14.4. The van der Waals surface area contributed by atoms with Gasteiger partial charge in [-0.25, -0.2) is 0 Å². The average molecular weight is 270 g/mol. The Bertz CT molecular complexity index is 503. The molecule has 106 valence electrons. The average Bonchev–Trinajstić information content (AvgIpc) is 2.46. The Labute approximate surface area is 121 Å². The summed E-state index contributed by atoms with van der Waals surface area (Å²) in [6.45, 7) is 2.10. The molecule has 0 saturated heterocycles. The first-order chi connectivity index (χ1) is 9.78. The third-order valence-corrected chi connectivity index (χ3v) is 3.01. The van der Waals surface area contributed by atoms with Crippen molar-refractivity contribution in [1.29, 1.82) is 0 Å². The number of nitrogens with zero attached hydrogens (tertiary/aromatic N) is 1. The number of ether oxygens (including phenoxy) is 1. The molecule has 3 nitrogen and oxygen atoms in total. The molecule has 0 bridgehead atoms. The van der Waals surface area contributed by atoms with E-state index in [1.54, 1.807) is 0 Å². The highest BCUT2D eigenvalue weighted by molar-refractivity contribution is 5.34. The van der Waals surface area contributed by atoms with Crippen LogP contribution in [0.5, 0.6) is 0 Å². The van der Waals surface area contributed by atoms with E-state index in [1.807, 2.05) is 18.2 Å². The first-order valence-corrected chi connectivity index (χ1v) is 6.94. The van der Waals surface area contributed by atoms with Gasteiger partial charge in [-0.1, -0.05) is 42.5 Å². The molecule has 0 spiro atoms. The SMILES string of the molecule is CN1C=C(/C=C/CCN)C=C(OCc2ccccc2)C1. The molecule has 1 aromatic carbocycles. The van der Waals surface area contributed by atoms with E-state index in [1.165, 1.54) is 5.56 Å². The molecular weight excluding hydrogens is 248 g/mol. The van der Waals surface area contributed by atoms with Gasteiger partial charge in [-0.15, -0.1) is 0 Å². The van der Waals surface area contributed by atoms with Crippen LogP contribution in [-0.2, 0) is 11.3 Å². The summed E-state index contributed by atoms with van der Waals surface area (Å²) in [4.78, 5) is 2.13. The Morgan fingerprint density at radius 1 is 1.30 bits per heavy atom. The number of nitrogens with two attached hydrogens (primary N) is 1. The van der Waals surface area contributed by atoms with E-state index in [0.29, 0.717) is 13.2 Å². The van der Waals surface area contributed by atoms with Crippen molar-refractivity contribution in [2.45, 2.75) is 13.0 Å². The maximum absolute atomic E-state index is 5.90. The fourth-order valence-corrected chi connectivity index (χ4v) is 2.06. The molecule has 0 unspecified atom stereocenters. The van der Waals surface area contributed by atoms with E-state index in [9.17, 15) is 0 Å². The number of benzene rings is 1. The van der Waals surface area contributed by atoms with Gasteiger partial charge in [0.1, 0.15) is 12.4 Å². The van der Waals surface area contributed by atoms with Gasteiger partial charge in [0.2, 0.25) is 0 Å². The second-order valence-corrected chi connectivity index (χ2v) is 4.91. The molecule has 1 heterocycles. The Balaban J connectivity index is 1.95. The minimum atomic E-state index is 0.611. The summed E-state index contributed by atoms with van der Waals surface area (Å²) in [7, 11) is 2.05.